The average Bonchev–Trinajstić information content (AvgIpc) is 2.37. The zero-order valence-corrected chi connectivity index (χ0v) is 9.14. The maximum absolute atomic E-state index is 9.79. The van der Waals surface area contributed by atoms with Gasteiger partial charge in [-0.15, -0.1) is 0 Å². The van der Waals surface area contributed by atoms with Crippen molar-refractivity contribution in [3.8, 4) is 11.5 Å². The fourth-order valence-electron chi connectivity index (χ4n) is 2.05. The van der Waals surface area contributed by atoms with Gasteiger partial charge in [0.25, 0.3) is 0 Å². The minimum atomic E-state index is -0.132. The van der Waals surface area contributed by atoms with E-state index in [9.17, 15) is 5.11 Å². The second kappa shape index (κ2) is 2.66. The van der Waals surface area contributed by atoms with Crippen LogP contribution in [-0.4, -0.2) is 10.7 Å². The number of phenolic OH excluding ortho intramolecular Hbond substituents is 1. The lowest BCUT2D eigenvalue weighted by atomic mass is 9.96. The lowest BCUT2D eigenvalue weighted by Gasteiger charge is -2.16. The molecule has 14 heavy (non-hydrogen) atoms. The standard InChI is InChI=1S/C12H16O2/c1-7-5-10-9(8(2)11(7)13)6-12(3,4)14-10/h5,13H,6H2,1-4H3. The van der Waals surface area contributed by atoms with Crippen molar-refractivity contribution in [2.75, 3.05) is 0 Å². The summed E-state index contributed by atoms with van der Waals surface area (Å²) in [6.07, 6.45) is 0.877. The molecule has 1 aromatic carbocycles. The first-order valence-corrected chi connectivity index (χ1v) is 4.92. The highest BCUT2D eigenvalue weighted by Crippen LogP contribution is 2.41. The van der Waals surface area contributed by atoms with Gasteiger partial charge < -0.3 is 9.84 Å². The highest BCUT2D eigenvalue weighted by atomic mass is 16.5. The number of aromatic hydroxyl groups is 1. The molecular formula is C12H16O2. The van der Waals surface area contributed by atoms with E-state index in [-0.39, 0.29) is 5.60 Å². The zero-order chi connectivity index (χ0) is 10.5. The quantitative estimate of drug-likeness (QED) is 0.684. The SMILES string of the molecule is Cc1cc2c(c(C)c1O)CC(C)(C)O2. The number of hydrogen-bond donors (Lipinski definition) is 1. The number of phenols is 1. The van der Waals surface area contributed by atoms with E-state index >= 15 is 0 Å². The van der Waals surface area contributed by atoms with Gasteiger partial charge in [0.15, 0.2) is 0 Å². The molecule has 0 spiro atoms. The fourth-order valence-corrected chi connectivity index (χ4v) is 2.05. The highest BCUT2D eigenvalue weighted by molar-refractivity contribution is 5.54. The van der Waals surface area contributed by atoms with Gasteiger partial charge in [-0.3, -0.25) is 0 Å². The Morgan fingerprint density at radius 2 is 2.00 bits per heavy atom. The number of hydrogen-bond acceptors (Lipinski definition) is 2. The number of aryl methyl sites for hydroxylation is 1. The summed E-state index contributed by atoms with van der Waals surface area (Å²) >= 11 is 0. The maximum atomic E-state index is 9.79. The predicted octanol–water partition coefficient (Wildman–Crippen LogP) is 2.72. The Kier molecular flexibility index (Phi) is 1.78. The summed E-state index contributed by atoms with van der Waals surface area (Å²) in [6, 6.07) is 1.92. The van der Waals surface area contributed by atoms with E-state index in [4.69, 9.17) is 4.74 Å². The molecule has 1 aliphatic heterocycles. The summed E-state index contributed by atoms with van der Waals surface area (Å²) in [6.45, 7) is 7.99. The third kappa shape index (κ3) is 1.26. The molecule has 0 fully saturated rings. The van der Waals surface area contributed by atoms with E-state index in [0.717, 1.165) is 28.9 Å². The van der Waals surface area contributed by atoms with Gasteiger partial charge >= 0.3 is 0 Å². The van der Waals surface area contributed by atoms with E-state index in [1.54, 1.807) is 0 Å². The summed E-state index contributed by atoms with van der Waals surface area (Å²) in [5, 5.41) is 9.79. The molecule has 0 unspecified atom stereocenters. The number of rotatable bonds is 0. The second-order valence-electron chi connectivity index (χ2n) is 4.68. The van der Waals surface area contributed by atoms with Crippen molar-refractivity contribution in [1.82, 2.24) is 0 Å². The summed E-state index contributed by atoms with van der Waals surface area (Å²) < 4.78 is 5.80. The predicted molar refractivity (Wildman–Crippen MR) is 56.0 cm³/mol. The van der Waals surface area contributed by atoms with Crippen molar-refractivity contribution in [1.29, 1.82) is 0 Å². The maximum Gasteiger partial charge on any atom is 0.124 e. The topological polar surface area (TPSA) is 29.5 Å². The Balaban J connectivity index is 2.59. The first-order valence-electron chi connectivity index (χ1n) is 4.92. The van der Waals surface area contributed by atoms with Gasteiger partial charge in [-0.05, 0) is 44.9 Å². The Labute approximate surface area is 84.5 Å². The molecular weight excluding hydrogens is 176 g/mol. The zero-order valence-electron chi connectivity index (χ0n) is 9.14. The van der Waals surface area contributed by atoms with Crippen LogP contribution >= 0.6 is 0 Å². The summed E-state index contributed by atoms with van der Waals surface area (Å²) in [5.41, 5.74) is 2.87. The Hall–Kier alpha value is -1.18. The molecule has 0 aromatic heterocycles. The van der Waals surface area contributed by atoms with Crippen LogP contribution in [0.15, 0.2) is 6.07 Å². The number of benzene rings is 1. The first-order chi connectivity index (χ1) is 6.41. The summed E-state index contributed by atoms with van der Waals surface area (Å²) in [7, 11) is 0. The minimum Gasteiger partial charge on any atom is -0.507 e. The lowest BCUT2D eigenvalue weighted by molar-refractivity contribution is 0.138. The average molecular weight is 192 g/mol. The molecule has 0 atom stereocenters. The van der Waals surface area contributed by atoms with Gasteiger partial charge in [-0.25, -0.2) is 0 Å². The molecule has 0 aliphatic carbocycles. The molecule has 1 aliphatic rings. The van der Waals surface area contributed by atoms with Crippen molar-refractivity contribution in [2.24, 2.45) is 0 Å². The largest absolute Gasteiger partial charge is 0.507 e. The smallest absolute Gasteiger partial charge is 0.124 e. The number of fused-ring (bicyclic) bond motifs is 1. The Morgan fingerprint density at radius 3 is 2.64 bits per heavy atom. The van der Waals surface area contributed by atoms with Gasteiger partial charge in [0, 0.05) is 12.0 Å². The van der Waals surface area contributed by atoms with Crippen LogP contribution in [-0.2, 0) is 6.42 Å². The first kappa shape index (κ1) is 9.38. The molecule has 0 saturated heterocycles. The normalized spacial score (nSPS) is 17.7. The molecule has 1 N–H and O–H groups in total. The molecule has 1 heterocycles. The van der Waals surface area contributed by atoms with Crippen molar-refractivity contribution < 1.29 is 9.84 Å². The van der Waals surface area contributed by atoms with E-state index < -0.39 is 0 Å². The van der Waals surface area contributed by atoms with Crippen LogP contribution in [0.2, 0.25) is 0 Å². The van der Waals surface area contributed by atoms with Crippen molar-refractivity contribution >= 4 is 0 Å². The molecule has 2 nitrogen and oxygen atoms in total. The molecule has 0 bridgehead atoms. The molecule has 76 valence electrons. The van der Waals surface area contributed by atoms with E-state index in [1.807, 2.05) is 19.9 Å². The minimum absolute atomic E-state index is 0.132. The summed E-state index contributed by atoms with van der Waals surface area (Å²) in [5.74, 6) is 1.34. The summed E-state index contributed by atoms with van der Waals surface area (Å²) in [4.78, 5) is 0. The van der Waals surface area contributed by atoms with Crippen molar-refractivity contribution in [3.05, 3.63) is 22.8 Å². The van der Waals surface area contributed by atoms with Crippen LogP contribution in [0.1, 0.15) is 30.5 Å². The Morgan fingerprint density at radius 1 is 1.36 bits per heavy atom. The van der Waals surface area contributed by atoms with Gasteiger partial charge in [-0.2, -0.15) is 0 Å². The van der Waals surface area contributed by atoms with Crippen LogP contribution in [0.5, 0.6) is 11.5 Å². The van der Waals surface area contributed by atoms with Gasteiger partial charge in [0.2, 0.25) is 0 Å². The van der Waals surface area contributed by atoms with Crippen LogP contribution in [0.3, 0.4) is 0 Å². The third-order valence-electron chi connectivity index (χ3n) is 2.82. The van der Waals surface area contributed by atoms with Gasteiger partial charge in [0.05, 0.1) is 0 Å². The Bertz CT molecular complexity index is 392. The molecule has 2 heteroatoms. The van der Waals surface area contributed by atoms with Gasteiger partial charge in [0.1, 0.15) is 17.1 Å². The molecule has 0 radical (unpaired) electrons. The van der Waals surface area contributed by atoms with Crippen LogP contribution in [0, 0.1) is 13.8 Å². The van der Waals surface area contributed by atoms with Gasteiger partial charge in [-0.1, -0.05) is 0 Å². The molecule has 1 aromatic rings. The van der Waals surface area contributed by atoms with Crippen molar-refractivity contribution in [3.63, 3.8) is 0 Å². The highest BCUT2D eigenvalue weighted by Gasteiger charge is 2.32. The van der Waals surface area contributed by atoms with Crippen molar-refractivity contribution in [2.45, 2.75) is 39.7 Å². The van der Waals surface area contributed by atoms with Crippen LogP contribution in [0.4, 0.5) is 0 Å². The van der Waals surface area contributed by atoms with E-state index in [1.165, 1.54) is 0 Å². The molecule has 0 amide bonds. The third-order valence-corrected chi connectivity index (χ3v) is 2.82. The van der Waals surface area contributed by atoms with Crippen LogP contribution in [0.25, 0.3) is 0 Å². The monoisotopic (exact) mass is 192 g/mol. The van der Waals surface area contributed by atoms with E-state index in [0.29, 0.717) is 5.75 Å². The molecule has 0 saturated carbocycles. The molecule has 2 rings (SSSR count). The van der Waals surface area contributed by atoms with Crippen LogP contribution < -0.4 is 4.74 Å². The second-order valence-corrected chi connectivity index (χ2v) is 4.68. The van der Waals surface area contributed by atoms with E-state index in [2.05, 4.69) is 13.8 Å². The number of ether oxygens (including phenoxy) is 1. The fraction of sp³-hybridized carbons (Fsp3) is 0.500. The lowest BCUT2D eigenvalue weighted by Crippen LogP contribution is -2.24.